The van der Waals surface area contributed by atoms with Gasteiger partial charge in [0.2, 0.25) is 5.88 Å². The van der Waals surface area contributed by atoms with Crippen LogP contribution < -0.4 is 4.74 Å². The Morgan fingerprint density at radius 1 is 1.47 bits per heavy atom. The van der Waals surface area contributed by atoms with Gasteiger partial charge in [0, 0.05) is 18.2 Å². The van der Waals surface area contributed by atoms with Crippen LogP contribution in [-0.2, 0) is 0 Å². The second-order valence-electron chi connectivity index (χ2n) is 5.21. The van der Waals surface area contributed by atoms with Crippen molar-refractivity contribution in [1.29, 1.82) is 0 Å². The lowest BCUT2D eigenvalue weighted by atomic mass is 9.94. The van der Waals surface area contributed by atoms with Crippen LogP contribution in [0.15, 0.2) is 18.3 Å². The van der Waals surface area contributed by atoms with Gasteiger partial charge in [0.1, 0.15) is 0 Å². The van der Waals surface area contributed by atoms with Gasteiger partial charge in [0.25, 0.3) is 0 Å². The van der Waals surface area contributed by atoms with Crippen molar-refractivity contribution in [3.63, 3.8) is 0 Å². The fourth-order valence-electron chi connectivity index (χ4n) is 1.78. The normalized spacial score (nSPS) is 11.6. The fourth-order valence-corrected chi connectivity index (χ4v) is 1.78. The lowest BCUT2D eigenvalue weighted by Crippen LogP contribution is -2.33. The number of hydrogen-bond acceptors (Lipinski definition) is 4. The van der Waals surface area contributed by atoms with Crippen molar-refractivity contribution in [1.82, 2.24) is 9.88 Å². The molecule has 0 amide bonds. The Balaban J connectivity index is 2.63. The maximum Gasteiger partial charge on any atom is 0.224 e. The third kappa shape index (κ3) is 4.53. The minimum absolute atomic E-state index is 0.0151. The van der Waals surface area contributed by atoms with Crippen LogP contribution in [0, 0.1) is 5.41 Å². The van der Waals surface area contributed by atoms with Crippen molar-refractivity contribution in [2.75, 3.05) is 27.2 Å². The molecule has 0 saturated heterocycles. The Bertz CT molecular complexity index is 375. The maximum atomic E-state index is 10.8. The molecule has 0 saturated carbocycles. The fraction of sp³-hybridized carbons (Fsp3) is 0.538. The van der Waals surface area contributed by atoms with Gasteiger partial charge in [-0.05, 0) is 26.2 Å². The number of nitrogens with zero attached hydrogens (tertiary/aromatic N) is 2. The van der Waals surface area contributed by atoms with Crippen LogP contribution in [0.4, 0.5) is 0 Å². The van der Waals surface area contributed by atoms with Crippen LogP contribution >= 0.6 is 0 Å². The van der Waals surface area contributed by atoms with Gasteiger partial charge in [-0.25, -0.2) is 4.98 Å². The highest BCUT2D eigenvalue weighted by atomic mass is 16.5. The van der Waals surface area contributed by atoms with Crippen molar-refractivity contribution in [2.45, 2.75) is 13.8 Å². The monoisotopic (exact) mass is 236 g/mol. The summed E-state index contributed by atoms with van der Waals surface area (Å²) >= 11 is 0. The predicted octanol–water partition coefficient (Wildman–Crippen LogP) is 1.86. The largest absolute Gasteiger partial charge is 0.477 e. The third-order valence-corrected chi connectivity index (χ3v) is 2.27. The number of pyridine rings is 1. The molecule has 0 spiro atoms. The summed E-state index contributed by atoms with van der Waals surface area (Å²) in [7, 11) is 4.05. The number of ether oxygens (including phenoxy) is 1. The zero-order valence-electron chi connectivity index (χ0n) is 10.9. The average Bonchev–Trinajstić information content (AvgIpc) is 2.25. The van der Waals surface area contributed by atoms with E-state index < -0.39 is 0 Å². The molecule has 1 aromatic heterocycles. The van der Waals surface area contributed by atoms with E-state index in [9.17, 15) is 4.79 Å². The van der Waals surface area contributed by atoms with Crippen LogP contribution in [0.3, 0.4) is 0 Å². The molecule has 4 nitrogen and oxygen atoms in total. The van der Waals surface area contributed by atoms with E-state index >= 15 is 0 Å². The van der Waals surface area contributed by atoms with Crippen LogP contribution in [0.1, 0.15) is 24.2 Å². The number of carbonyl (C=O) groups excluding carboxylic acids is 1. The Kier molecular flexibility index (Phi) is 4.63. The highest BCUT2D eigenvalue weighted by molar-refractivity contribution is 5.77. The molecule has 0 N–H and O–H groups in total. The van der Waals surface area contributed by atoms with E-state index in [0.29, 0.717) is 18.1 Å². The van der Waals surface area contributed by atoms with Gasteiger partial charge in [0.15, 0.2) is 6.29 Å². The van der Waals surface area contributed by atoms with Gasteiger partial charge < -0.3 is 9.64 Å². The number of aromatic nitrogens is 1. The van der Waals surface area contributed by atoms with E-state index in [1.165, 1.54) is 0 Å². The molecule has 1 aromatic rings. The standard InChI is InChI=1S/C13H20N2O2/c1-13(2,9-15(3)4)10-17-12-11(8-16)6-5-7-14-12/h5-8H,9-10H2,1-4H3. The van der Waals surface area contributed by atoms with Gasteiger partial charge in [-0.1, -0.05) is 13.8 Å². The third-order valence-electron chi connectivity index (χ3n) is 2.27. The number of carbonyl (C=O) groups is 1. The van der Waals surface area contributed by atoms with Crippen LogP contribution in [-0.4, -0.2) is 43.4 Å². The first kappa shape index (κ1) is 13.6. The molecule has 0 fully saturated rings. The van der Waals surface area contributed by atoms with Gasteiger partial charge in [0.05, 0.1) is 12.2 Å². The molecule has 4 heteroatoms. The van der Waals surface area contributed by atoms with E-state index in [4.69, 9.17) is 4.74 Å². The Morgan fingerprint density at radius 2 is 2.18 bits per heavy atom. The van der Waals surface area contributed by atoms with Crippen molar-refractivity contribution in [3.05, 3.63) is 23.9 Å². The summed E-state index contributed by atoms with van der Waals surface area (Å²) in [6, 6.07) is 3.43. The first-order chi connectivity index (χ1) is 7.94. The summed E-state index contributed by atoms with van der Waals surface area (Å²) in [5.74, 6) is 0.411. The van der Waals surface area contributed by atoms with Crippen LogP contribution in [0.25, 0.3) is 0 Å². The Morgan fingerprint density at radius 3 is 2.76 bits per heavy atom. The minimum Gasteiger partial charge on any atom is -0.477 e. The molecular weight excluding hydrogens is 216 g/mol. The maximum absolute atomic E-state index is 10.8. The number of hydrogen-bond donors (Lipinski definition) is 0. The Hall–Kier alpha value is -1.42. The van der Waals surface area contributed by atoms with E-state index in [-0.39, 0.29) is 5.41 Å². The molecule has 94 valence electrons. The molecule has 0 bridgehead atoms. The number of rotatable bonds is 6. The van der Waals surface area contributed by atoms with Crippen LogP contribution in [0.2, 0.25) is 0 Å². The highest BCUT2D eigenvalue weighted by Crippen LogP contribution is 2.19. The summed E-state index contributed by atoms with van der Waals surface area (Å²) in [4.78, 5) is 17.0. The molecule has 0 unspecified atom stereocenters. The van der Waals surface area contributed by atoms with E-state index in [0.717, 1.165) is 12.8 Å². The number of aldehydes is 1. The molecule has 1 rings (SSSR count). The molecular formula is C13H20N2O2. The quantitative estimate of drug-likeness (QED) is 0.707. The molecule has 0 aliphatic carbocycles. The lowest BCUT2D eigenvalue weighted by Gasteiger charge is -2.27. The molecule has 0 radical (unpaired) electrons. The molecule has 0 aliphatic heterocycles. The average molecular weight is 236 g/mol. The van der Waals surface area contributed by atoms with Crippen molar-refractivity contribution >= 4 is 6.29 Å². The van der Waals surface area contributed by atoms with Gasteiger partial charge >= 0.3 is 0 Å². The summed E-state index contributed by atoms with van der Waals surface area (Å²) in [6.45, 7) is 5.69. The smallest absolute Gasteiger partial charge is 0.224 e. The molecule has 0 aromatic carbocycles. The van der Waals surface area contributed by atoms with Gasteiger partial charge in [-0.2, -0.15) is 0 Å². The predicted molar refractivity (Wildman–Crippen MR) is 67.5 cm³/mol. The van der Waals surface area contributed by atoms with E-state index in [2.05, 4.69) is 23.7 Å². The highest BCUT2D eigenvalue weighted by Gasteiger charge is 2.20. The zero-order valence-corrected chi connectivity index (χ0v) is 10.9. The Labute approximate surface area is 103 Å². The summed E-state index contributed by atoms with van der Waals surface area (Å²) < 4.78 is 5.62. The van der Waals surface area contributed by atoms with Crippen LogP contribution in [0.5, 0.6) is 5.88 Å². The first-order valence-electron chi connectivity index (χ1n) is 5.62. The molecule has 0 atom stereocenters. The van der Waals surface area contributed by atoms with Crippen molar-refractivity contribution in [3.8, 4) is 5.88 Å². The molecule has 1 heterocycles. The lowest BCUT2D eigenvalue weighted by molar-refractivity contribution is 0.110. The summed E-state index contributed by atoms with van der Waals surface area (Å²) in [5.41, 5.74) is 0.509. The first-order valence-corrected chi connectivity index (χ1v) is 5.62. The minimum atomic E-state index is 0.0151. The zero-order chi connectivity index (χ0) is 12.9. The van der Waals surface area contributed by atoms with Crippen molar-refractivity contribution < 1.29 is 9.53 Å². The van der Waals surface area contributed by atoms with E-state index in [1.807, 2.05) is 14.1 Å². The summed E-state index contributed by atoms with van der Waals surface area (Å²) in [5, 5.41) is 0. The van der Waals surface area contributed by atoms with Gasteiger partial charge in [-0.3, -0.25) is 4.79 Å². The second kappa shape index (κ2) is 5.77. The SMILES string of the molecule is CN(C)CC(C)(C)COc1ncccc1C=O. The second-order valence-corrected chi connectivity index (χ2v) is 5.21. The topological polar surface area (TPSA) is 42.4 Å². The van der Waals surface area contributed by atoms with Gasteiger partial charge in [-0.15, -0.1) is 0 Å². The molecule has 17 heavy (non-hydrogen) atoms. The summed E-state index contributed by atoms with van der Waals surface area (Å²) in [6.07, 6.45) is 2.39. The molecule has 0 aliphatic rings. The van der Waals surface area contributed by atoms with Crippen molar-refractivity contribution in [2.24, 2.45) is 5.41 Å². The van der Waals surface area contributed by atoms with E-state index in [1.54, 1.807) is 18.3 Å².